The van der Waals surface area contributed by atoms with Crippen molar-refractivity contribution in [1.29, 1.82) is 0 Å². The van der Waals surface area contributed by atoms with E-state index < -0.39 is 0 Å². The number of para-hydroxylation sites is 1. The van der Waals surface area contributed by atoms with E-state index in [2.05, 4.69) is 15.3 Å². The number of benzene rings is 1. The fourth-order valence-corrected chi connectivity index (χ4v) is 3.12. The number of nitrogens with one attached hydrogen (secondary N) is 2. The predicted molar refractivity (Wildman–Crippen MR) is 85.1 cm³/mol. The van der Waals surface area contributed by atoms with Gasteiger partial charge in [0.2, 0.25) is 0 Å². The van der Waals surface area contributed by atoms with Crippen LogP contribution in [0.2, 0.25) is 0 Å². The van der Waals surface area contributed by atoms with E-state index in [1.165, 1.54) is 17.8 Å². The first-order valence-corrected chi connectivity index (χ1v) is 7.63. The topological polar surface area (TPSA) is 67.0 Å². The molecule has 1 aromatic carbocycles. The summed E-state index contributed by atoms with van der Waals surface area (Å²) in [4.78, 5) is 18.5. The van der Waals surface area contributed by atoms with Gasteiger partial charge in [0.25, 0.3) is 5.56 Å². The average molecular weight is 305 g/mol. The number of aromatic amines is 1. The molecule has 1 heterocycles. The number of methoxy groups -OCH3 is 1. The molecule has 1 aromatic heterocycles. The van der Waals surface area contributed by atoms with Gasteiger partial charge in [0, 0.05) is 29.1 Å². The Bertz CT molecular complexity index is 657. The maximum absolute atomic E-state index is 11.5. The van der Waals surface area contributed by atoms with Crippen molar-refractivity contribution in [3.63, 3.8) is 0 Å². The number of hydrogen-bond acceptors (Lipinski definition) is 5. The molecule has 112 valence electrons. The molecule has 0 saturated heterocycles. The molecule has 0 amide bonds. The van der Waals surface area contributed by atoms with Crippen molar-refractivity contribution in [3.05, 3.63) is 51.9 Å². The van der Waals surface area contributed by atoms with Crippen LogP contribution >= 0.6 is 11.8 Å². The van der Waals surface area contributed by atoms with Gasteiger partial charge in [-0.25, -0.2) is 4.98 Å². The van der Waals surface area contributed by atoms with Gasteiger partial charge in [0.1, 0.15) is 5.75 Å². The van der Waals surface area contributed by atoms with E-state index in [-0.39, 0.29) is 11.6 Å². The summed E-state index contributed by atoms with van der Waals surface area (Å²) in [6, 6.07) is 9.50. The molecule has 0 saturated carbocycles. The average Bonchev–Trinajstić information content (AvgIpc) is 2.47. The Labute approximate surface area is 128 Å². The standard InChI is InChI=1S/C15H19N3O2S/c1-10-8-14(19)18-15(17-10)21-9-12(16-2)11-6-4-5-7-13(11)20-3/h4-8,12,16H,9H2,1-3H3,(H,17,18,19). The minimum absolute atomic E-state index is 0.108. The maximum atomic E-state index is 11.5. The third-order valence-electron chi connectivity index (χ3n) is 3.10. The Morgan fingerprint density at radius 3 is 2.86 bits per heavy atom. The van der Waals surface area contributed by atoms with E-state index in [1.807, 2.05) is 38.2 Å². The van der Waals surface area contributed by atoms with Gasteiger partial charge in [-0.1, -0.05) is 30.0 Å². The largest absolute Gasteiger partial charge is 0.496 e. The summed E-state index contributed by atoms with van der Waals surface area (Å²) in [6.45, 7) is 1.81. The zero-order valence-corrected chi connectivity index (χ0v) is 13.2. The molecule has 0 aliphatic carbocycles. The molecule has 0 radical (unpaired) electrons. The summed E-state index contributed by atoms with van der Waals surface area (Å²) in [5.41, 5.74) is 1.69. The molecule has 2 N–H and O–H groups in total. The number of nitrogens with zero attached hydrogens (tertiary/aromatic N) is 1. The fraction of sp³-hybridized carbons (Fsp3) is 0.333. The molecule has 0 spiro atoms. The summed E-state index contributed by atoms with van der Waals surface area (Å²) in [7, 11) is 3.57. The minimum atomic E-state index is -0.122. The van der Waals surface area contributed by atoms with Crippen molar-refractivity contribution in [2.24, 2.45) is 0 Å². The number of aromatic nitrogens is 2. The van der Waals surface area contributed by atoms with Crippen LogP contribution in [0.1, 0.15) is 17.3 Å². The minimum Gasteiger partial charge on any atom is -0.496 e. The Morgan fingerprint density at radius 1 is 1.43 bits per heavy atom. The Morgan fingerprint density at radius 2 is 2.19 bits per heavy atom. The Hall–Kier alpha value is -1.79. The zero-order valence-electron chi connectivity index (χ0n) is 12.3. The molecule has 1 unspecified atom stereocenters. The van der Waals surface area contributed by atoms with Crippen LogP contribution in [-0.4, -0.2) is 29.9 Å². The number of rotatable bonds is 6. The number of ether oxygens (including phenoxy) is 1. The second-order valence-corrected chi connectivity index (χ2v) is 5.59. The highest BCUT2D eigenvalue weighted by molar-refractivity contribution is 7.99. The molecular formula is C15H19N3O2S. The normalized spacial score (nSPS) is 12.1. The molecule has 0 fully saturated rings. The Kier molecular flexibility index (Phi) is 5.41. The van der Waals surface area contributed by atoms with Crippen molar-refractivity contribution < 1.29 is 4.74 Å². The summed E-state index contributed by atoms with van der Waals surface area (Å²) in [6.07, 6.45) is 0. The maximum Gasteiger partial charge on any atom is 0.251 e. The lowest BCUT2D eigenvalue weighted by atomic mass is 10.1. The fourth-order valence-electron chi connectivity index (χ4n) is 2.07. The lowest BCUT2D eigenvalue weighted by Gasteiger charge is -2.18. The molecule has 5 nitrogen and oxygen atoms in total. The van der Waals surface area contributed by atoms with Crippen molar-refractivity contribution in [2.45, 2.75) is 18.1 Å². The van der Waals surface area contributed by atoms with Crippen molar-refractivity contribution in [2.75, 3.05) is 19.9 Å². The van der Waals surface area contributed by atoms with Gasteiger partial charge in [-0.2, -0.15) is 0 Å². The molecule has 0 aliphatic heterocycles. The molecule has 21 heavy (non-hydrogen) atoms. The lowest BCUT2D eigenvalue weighted by molar-refractivity contribution is 0.404. The van der Waals surface area contributed by atoms with E-state index in [0.29, 0.717) is 5.16 Å². The van der Waals surface area contributed by atoms with Gasteiger partial charge in [0.05, 0.1) is 7.11 Å². The molecule has 6 heteroatoms. The van der Waals surface area contributed by atoms with Gasteiger partial charge in [-0.15, -0.1) is 0 Å². The molecule has 2 rings (SSSR count). The van der Waals surface area contributed by atoms with Gasteiger partial charge < -0.3 is 15.0 Å². The smallest absolute Gasteiger partial charge is 0.251 e. The molecular weight excluding hydrogens is 286 g/mol. The van der Waals surface area contributed by atoms with Crippen molar-refractivity contribution in [1.82, 2.24) is 15.3 Å². The number of aryl methyl sites for hydroxylation is 1. The Balaban J connectivity index is 2.14. The van der Waals surface area contributed by atoms with Crippen LogP contribution < -0.4 is 15.6 Å². The third kappa shape index (κ3) is 4.09. The zero-order chi connectivity index (χ0) is 15.2. The highest BCUT2D eigenvalue weighted by atomic mass is 32.2. The second kappa shape index (κ2) is 7.28. The predicted octanol–water partition coefficient (Wildman–Crippen LogP) is 2.14. The van der Waals surface area contributed by atoms with Crippen LogP contribution in [-0.2, 0) is 0 Å². The SMILES string of the molecule is CNC(CSc1nc(C)cc(=O)[nH]1)c1ccccc1OC. The number of H-pyrrole nitrogens is 1. The first-order chi connectivity index (χ1) is 10.1. The van der Waals surface area contributed by atoms with Crippen LogP contribution in [0.5, 0.6) is 5.75 Å². The molecule has 2 aromatic rings. The quantitative estimate of drug-likeness (QED) is 0.632. The van der Waals surface area contributed by atoms with E-state index >= 15 is 0 Å². The monoisotopic (exact) mass is 305 g/mol. The first kappa shape index (κ1) is 15.6. The highest BCUT2D eigenvalue weighted by Crippen LogP contribution is 2.28. The van der Waals surface area contributed by atoms with E-state index in [4.69, 9.17) is 4.74 Å². The van der Waals surface area contributed by atoms with Crippen molar-refractivity contribution in [3.8, 4) is 5.75 Å². The van der Waals surface area contributed by atoms with E-state index in [9.17, 15) is 4.79 Å². The highest BCUT2D eigenvalue weighted by Gasteiger charge is 2.15. The second-order valence-electron chi connectivity index (χ2n) is 4.59. The first-order valence-electron chi connectivity index (χ1n) is 6.65. The lowest BCUT2D eigenvalue weighted by Crippen LogP contribution is -2.20. The van der Waals surface area contributed by atoms with Crippen LogP contribution in [0.4, 0.5) is 0 Å². The summed E-state index contributed by atoms with van der Waals surface area (Å²) in [5, 5.41) is 3.91. The van der Waals surface area contributed by atoms with Crippen LogP contribution in [0.25, 0.3) is 0 Å². The van der Waals surface area contributed by atoms with Crippen LogP contribution in [0.3, 0.4) is 0 Å². The number of thioether (sulfide) groups is 1. The van der Waals surface area contributed by atoms with E-state index in [0.717, 1.165) is 22.8 Å². The van der Waals surface area contributed by atoms with Crippen LogP contribution in [0.15, 0.2) is 40.3 Å². The van der Waals surface area contributed by atoms with Gasteiger partial charge in [-0.05, 0) is 20.0 Å². The number of hydrogen-bond donors (Lipinski definition) is 2. The molecule has 0 bridgehead atoms. The summed E-state index contributed by atoms with van der Waals surface area (Å²) < 4.78 is 5.40. The van der Waals surface area contributed by atoms with Gasteiger partial charge in [0.15, 0.2) is 5.16 Å². The van der Waals surface area contributed by atoms with Gasteiger partial charge >= 0.3 is 0 Å². The van der Waals surface area contributed by atoms with E-state index in [1.54, 1.807) is 7.11 Å². The van der Waals surface area contributed by atoms with Gasteiger partial charge in [-0.3, -0.25) is 4.79 Å². The molecule has 0 aliphatic rings. The molecule has 1 atom stereocenters. The van der Waals surface area contributed by atoms with Crippen molar-refractivity contribution >= 4 is 11.8 Å². The summed E-state index contributed by atoms with van der Waals surface area (Å²) in [5.74, 6) is 1.59. The summed E-state index contributed by atoms with van der Waals surface area (Å²) >= 11 is 1.51. The third-order valence-corrected chi connectivity index (χ3v) is 4.06. The van der Waals surface area contributed by atoms with Crippen LogP contribution in [0, 0.1) is 6.92 Å².